The van der Waals surface area contributed by atoms with Gasteiger partial charge >= 0.3 is 0 Å². The monoisotopic (exact) mass is 244 g/mol. The molecule has 0 aliphatic rings. The van der Waals surface area contributed by atoms with Crippen molar-refractivity contribution >= 4 is 0 Å². The zero-order valence-corrected chi connectivity index (χ0v) is 11.0. The Balaban J connectivity index is 2.11. The smallest absolute Gasteiger partial charge is 0.151 e. The van der Waals surface area contributed by atoms with Gasteiger partial charge in [-0.2, -0.15) is 5.10 Å². The molecule has 0 spiro atoms. The van der Waals surface area contributed by atoms with E-state index >= 15 is 0 Å². The fraction of sp³-hybridized carbons (Fsp3) is 0.429. The molecule has 1 unspecified atom stereocenters. The van der Waals surface area contributed by atoms with Gasteiger partial charge in [0.15, 0.2) is 5.82 Å². The van der Waals surface area contributed by atoms with Crippen LogP contribution < -0.4 is 5.73 Å². The first-order valence-corrected chi connectivity index (χ1v) is 6.40. The summed E-state index contributed by atoms with van der Waals surface area (Å²) in [6, 6.07) is 10.1. The Morgan fingerprint density at radius 2 is 2.00 bits per heavy atom. The topological polar surface area (TPSA) is 56.7 Å². The van der Waals surface area contributed by atoms with Crippen LogP contribution in [0, 0.1) is 0 Å². The van der Waals surface area contributed by atoms with Gasteiger partial charge in [-0.3, -0.25) is 4.68 Å². The SMILES string of the molecule is CCCc1nc(C(N)Cc2ccccc2)n(C)n1. The van der Waals surface area contributed by atoms with Gasteiger partial charge in [-0.15, -0.1) is 0 Å². The van der Waals surface area contributed by atoms with Crippen molar-refractivity contribution in [2.24, 2.45) is 12.8 Å². The molecule has 0 bridgehead atoms. The van der Waals surface area contributed by atoms with Crippen molar-refractivity contribution in [2.45, 2.75) is 32.2 Å². The van der Waals surface area contributed by atoms with Gasteiger partial charge in [0.05, 0.1) is 6.04 Å². The third-order valence-electron chi connectivity index (χ3n) is 2.94. The second-order valence-electron chi connectivity index (χ2n) is 4.56. The number of rotatable bonds is 5. The van der Waals surface area contributed by atoms with E-state index < -0.39 is 0 Å². The summed E-state index contributed by atoms with van der Waals surface area (Å²) in [7, 11) is 1.91. The van der Waals surface area contributed by atoms with Crippen LogP contribution in [0.15, 0.2) is 30.3 Å². The molecule has 96 valence electrons. The Hall–Kier alpha value is -1.68. The van der Waals surface area contributed by atoms with Gasteiger partial charge in [-0.05, 0) is 18.4 Å². The van der Waals surface area contributed by atoms with Crippen molar-refractivity contribution in [1.29, 1.82) is 0 Å². The van der Waals surface area contributed by atoms with Crippen LogP contribution >= 0.6 is 0 Å². The fourth-order valence-corrected chi connectivity index (χ4v) is 2.06. The minimum atomic E-state index is -0.101. The lowest BCUT2D eigenvalue weighted by Crippen LogP contribution is -2.18. The third-order valence-corrected chi connectivity index (χ3v) is 2.94. The molecule has 0 saturated heterocycles. The Morgan fingerprint density at radius 3 is 2.67 bits per heavy atom. The number of hydrogen-bond acceptors (Lipinski definition) is 3. The molecule has 1 atom stereocenters. The first-order chi connectivity index (χ1) is 8.70. The van der Waals surface area contributed by atoms with E-state index in [1.54, 1.807) is 4.68 Å². The number of aromatic nitrogens is 3. The van der Waals surface area contributed by atoms with Crippen molar-refractivity contribution < 1.29 is 0 Å². The molecule has 2 aromatic rings. The molecule has 4 heteroatoms. The largest absolute Gasteiger partial charge is 0.321 e. The fourth-order valence-electron chi connectivity index (χ4n) is 2.06. The summed E-state index contributed by atoms with van der Waals surface area (Å²) < 4.78 is 1.80. The average molecular weight is 244 g/mol. The molecule has 0 saturated carbocycles. The summed E-state index contributed by atoms with van der Waals surface area (Å²) in [4.78, 5) is 4.52. The minimum absolute atomic E-state index is 0.101. The van der Waals surface area contributed by atoms with Gasteiger partial charge in [-0.25, -0.2) is 4.98 Å². The number of nitrogens with two attached hydrogens (primary N) is 1. The van der Waals surface area contributed by atoms with E-state index in [1.165, 1.54) is 5.56 Å². The van der Waals surface area contributed by atoms with Gasteiger partial charge in [-0.1, -0.05) is 37.3 Å². The molecule has 0 fully saturated rings. The summed E-state index contributed by atoms with van der Waals surface area (Å²) in [5.41, 5.74) is 7.44. The molecule has 0 aliphatic carbocycles. The molecule has 0 radical (unpaired) electrons. The summed E-state index contributed by atoms with van der Waals surface area (Å²) in [5, 5.41) is 4.39. The second kappa shape index (κ2) is 5.78. The van der Waals surface area contributed by atoms with E-state index in [-0.39, 0.29) is 6.04 Å². The molecular weight excluding hydrogens is 224 g/mol. The summed E-state index contributed by atoms with van der Waals surface area (Å²) in [5.74, 6) is 1.75. The van der Waals surface area contributed by atoms with Crippen molar-refractivity contribution in [3.63, 3.8) is 0 Å². The van der Waals surface area contributed by atoms with Crippen LogP contribution in [0.25, 0.3) is 0 Å². The summed E-state index contributed by atoms with van der Waals surface area (Å²) >= 11 is 0. The summed E-state index contributed by atoms with van der Waals surface area (Å²) in [6.45, 7) is 2.12. The molecule has 1 aromatic heterocycles. The number of benzene rings is 1. The van der Waals surface area contributed by atoms with Gasteiger partial charge in [0, 0.05) is 13.5 Å². The van der Waals surface area contributed by atoms with Crippen molar-refractivity contribution in [1.82, 2.24) is 14.8 Å². The minimum Gasteiger partial charge on any atom is -0.321 e. The molecule has 1 aromatic carbocycles. The predicted molar refractivity (Wildman–Crippen MR) is 72.1 cm³/mol. The highest BCUT2D eigenvalue weighted by Gasteiger charge is 2.14. The van der Waals surface area contributed by atoms with Crippen molar-refractivity contribution in [2.75, 3.05) is 0 Å². The van der Waals surface area contributed by atoms with E-state index in [1.807, 2.05) is 25.2 Å². The van der Waals surface area contributed by atoms with Crippen molar-refractivity contribution in [3.05, 3.63) is 47.5 Å². The lowest BCUT2D eigenvalue weighted by molar-refractivity contribution is 0.600. The molecule has 1 heterocycles. The highest BCUT2D eigenvalue weighted by atomic mass is 15.3. The van der Waals surface area contributed by atoms with Crippen LogP contribution in [0.3, 0.4) is 0 Å². The van der Waals surface area contributed by atoms with E-state index in [4.69, 9.17) is 5.73 Å². The van der Waals surface area contributed by atoms with E-state index in [0.29, 0.717) is 0 Å². The van der Waals surface area contributed by atoms with Crippen molar-refractivity contribution in [3.8, 4) is 0 Å². The Kier molecular flexibility index (Phi) is 4.10. The predicted octanol–water partition coefficient (Wildman–Crippen LogP) is 2.01. The van der Waals surface area contributed by atoms with Crippen LogP contribution in [0.2, 0.25) is 0 Å². The normalized spacial score (nSPS) is 12.6. The van der Waals surface area contributed by atoms with E-state index in [9.17, 15) is 0 Å². The quantitative estimate of drug-likeness (QED) is 0.875. The Bertz CT molecular complexity index is 490. The second-order valence-corrected chi connectivity index (χ2v) is 4.56. The van der Waals surface area contributed by atoms with Crippen LogP contribution in [-0.2, 0) is 19.9 Å². The molecule has 0 aliphatic heterocycles. The lowest BCUT2D eigenvalue weighted by atomic mass is 10.1. The molecule has 2 rings (SSSR count). The standard InChI is InChI=1S/C14H20N4/c1-3-7-13-16-14(18(2)17-13)12(15)10-11-8-5-4-6-9-11/h4-6,8-9,12H,3,7,10,15H2,1-2H3. The molecule has 4 nitrogen and oxygen atoms in total. The maximum atomic E-state index is 6.21. The Labute approximate surface area is 108 Å². The maximum absolute atomic E-state index is 6.21. The van der Waals surface area contributed by atoms with Crippen LogP contribution in [0.5, 0.6) is 0 Å². The third kappa shape index (κ3) is 2.96. The lowest BCUT2D eigenvalue weighted by Gasteiger charge is -2.10. The van der Waals surface area contributed by atoms with E-state index in [0.717, 1.165) is 30.9 Å². The molecular formula is C14H20N4. The van der Waals surface area contributed by atoms with Crippen LogP contribution in [0.1, 0.15) is 36.6 Å². The zero-order chi connectivity index (χ0) is 13.0. The number of aryl methyl sites for hydroxylation is 2. The first-order valence-electron chi connectivity index (χ1n) is 6.40. The summed E-state index contributed by atoms with van der Waals surface area (Å²) in [6.07, 6.45) is 2.75. The first kappa shape index (κ1) is 12.8. The van der Waals surface area contributed by atoms with Gasteiger partial charge in [0.2, 0.25) is 0 Å². The highest BCUT2D eigenvalue weighted by Crippen LogP contribution is 2.14. The van der Waals surface area contributed by atoms with Gasteiger partial charge in [0.25, 0.3) is 0 Å². The molecule has 18 heavy (non-hydrogen) atoms. The zero-order valence-electron chi connectivity index (χ0n) is 11.0. The van der Waals surface area contributed by atoms with Gasteiger partial charge < -0.3 is 5.73 Å². The maximum Gasteiger partial charge on any atom is 0.151 e. The molecule has 0 amide bonds. The van der Waals surface area contributed by atoms with Gasteiger partial charge in [0.1, 0.15) is 5.82 Å². The highest BCUT2D eigenvalue weighted by molar-refractivity contribution is 5.17. The van der Waals surface area contributed by atoms with Crippen LogP contribution in [-0.4, -0.2) is 14.8 Å². The van der Waals surface area contributed by atoms with Crippen LogP contribution in [0.4, 0.5) is 0 Å². The average Bonchev–Trinajstić information content (AvgIpc) is 2.72. The number of nitrogens with zero attached hydrogens (tertiary/aromatic N) is 3. The number of hydrogen-bond donors (Lipinski definition) is 1. The Morgan fingerprint density at radius 1 is 1.28 bits per heavy atom. The molecule has 2 N–H and O–H groups in total. The van der Waals surface area contributed by atoms with E-state index in [2.05, 4.69) is 29.1 Å².